The van der Waals surface area contributed by atoms with Crippen LogP contribution in [0.25, 0.3) is 11.3 Å². The molecule has 0 fully saturated rings. The molecule has 0 spiro atoms. The number of ether oxygens (including phenoxy) is 2. The third kappa shape index (κ3) is 3.65. The third-order valence-electron chi connectivity index (χ3n) is 3.43. The predicted molar refractivity (Wildman–Crippen MR) is 102 cm³/mol. The van der Waals surface area contributed by atoms with E-state index in [1.807, 2.05) is 17.5 Å². The van der Waals surface area contributed by atoms with Gasteiger partial charge in [0.05, 0.1) is 19.9 Å². The van der Waals surface area contributed by atoms with E-state index in [-0.39, 0.29) is 16.2 Å². The van der Waals surface area contributed by atoms with Crippen molar-refractivity contribution in [3.63, 3.8) is 0 Å². The lowest BCUT2D eigenvalue weighted by Crippen LogP contribution is -2.13. The first-order chi connectivity index (χ1) is 12.5. The van der Waals surface area contributed by atoms with Crippen LogP contribution >= 0.6 is 23.6 Å². The minimum Gasteiger partial charge on any atom is -0.494 e. The molecule has 8 nitrogen and oxygen atoms in total. The number of H-pyrrole nitrogens is 2. The van der Waals surface area contributed by atoms with Gasteiger partial charge in [-0.1, -0.05) is 0 Å². The average molecular weight is 390 g/mol. The van der Waals surface area contributed by atoms with Crippen LogP contribution in [0.5, 0.6) is 17.4 Å². The first kappa shape index (κ1) is 17.8. The molecule has 0 atom stereocenters. The summed E-state index contributed by atoms with van der Waals surface area (Å²) in [4.78, 5) is 25.2. The third-order valence-corrected chi connectivity index (χ3v) is 4.39. The van der Waals surface area contributed by atoms with E-state index in [0.717, 1.165) is 5.56 Å². The molecule has 2 heterocycles. The van der Waals surface area contributed by atoms with Gasteiger partial charge in [0.2, 0.25) is 11.0 Å². The van der Waals surface area contributed by atoms with Crippen molar-refractivity contribution in [2.45, 2.75) is 0 Å². The lowest BCUT2D eigenvalue weighted by atomic mass is 10.1. The van der Waals surface area contributed by atoms with Crippen LogP contribution in [0.15, 0.2) is 33.4 Å². The number of aromatic nitrogens is 3. The molecule has 0 radical (unpaired) electrons. The molecule has 0 saturated heterocycles. The number of benzene rings is 1. The Morgan fingerprint density at radius 2 is 2.04 bits per heavy atom. The standard InChI is InChI=1S/C16H14N4O4S2/c1-23-11-4-3-8(5-12(11)24-2)10-7-26-16(18-10)17-6-9-13(21)19-15(25)20-14(9)22/h3-7H,1-2H3,(H3,19,20,21,22,25)/b17-6+. The highest BCUT2D eigenvalue weighted by molar-refractivity contribution is 7.71. The molecule has 0 aliphatic rings. The molecule has 2 aromatic heterocycles. The number of thiazole rings is 1. The molecule has 26 heavy (non-hydrogen) atoms. The van der Waals surface area contributed by atoms with Gasteiger partial charge in [0, 0.05) is 17.2 Å². The Morgan fingerprint density at radius 3 is 2.73 bits per heavy atom. The van der Waals surface area contributed by atoms with Crippen LogP contribution < -0.4 is 15.0 Å². The highest BCUT2D eigenvalue weighted by atomic mass is 32.1. The summed E-state index contributed by atoms with van der Waals surface area (Å²) in [7, 11) is 3.13. The van der Waals surface area contributed by atoms with Crippen molar-refractivity contribution in [3.05, 3.63) is 44.3 Å². The number of aromatic amines is 2. The van der Waals surface area contributed by atoms with E-state index in [4.69, 9.17) is 21.7 Å². The SMILES string of the molecule is COc1ccc(-c2csc(/N=C/c3c(O)[nH]c(=S)[nH]c3=O)n2)cc1OC. The van der Waals surface area contributed by atoms with Gasteiger partial charge >= 0.3 is 0 Å². The zero-order valence-corrected chi connectivity index (χ0v) is 15.4. The van der Waals surface area contributed by atoms with E-state index in [9.17, 15) is 9.90 Å². The van der Waals surface area contributed by atoms with Crippen LogP contribution in [-0.4, -0.2) is 40.5 Å². The maximum absolute atomic E-state index is 11.8. The molecular formula is C16H14N4O4S2. The van der Waals surface area contributed by atoms with Crippen molar-refractivity contribution in [2.24, 2.45) is 4.99 Å². The number of rotatable bonds is 5. The van der Waals surface area contributed by atoms with Gasteiger partial charge < -0.3 is 19.6 Å². The van der Waals surface area contributed by atoms with Gasteiger partial charge in [-0.05, 0) is 30.4 Å². The summed E-state index contributed by atoms with van der Waals surface area (Å²) in [6.07, 6.45) is 1.23. The normalized spacial score (nSPS) is 11.0. The van der Waals surface area contributed by atoms with Gasteiger partial charge in [-0.15, -0.1) is 11.3 Å². The second kappa shape index (κ2) is 7.50. The molecule has 3 N–H and O–H groups in total. The minimum atomic E-state index is -0.535. The number of hydrogen-bond acceptors (Lipinski definition) is 8. The summed E-state index contributed by atoms with van der Waals surface area (Å²) in [6, 6.07) is 5.47. The fourth-order valence-corrected chi connectivity index (χ4v) is 3.04. The van der Waals surface area contributed by atoms with E-state index in [1.54, 1.807) is 20.3 Å². The molecule has 0 bridgehead atoms. The van der Waals surface area contributed by atoms with Crippen LogP contribution in [-0.2, 0) is 0 Å². The zero-order chi connectivity index (χ0) is 18.7. The molecule has 10 heteroatoms. The number of methoxy groups -OCH3 is 2. The van der Waals surface area contributed by atoms with Gasteiger partial charge in [-0.2, -0.15) is 0 Å². The smallest absolute Gasteiger partial charge is 0.264 e. The van der Waals surface area contributed by atoms with E-state index >= 15 is 0 Å². The Bertz CT molecular complexity index is 1080. The number of hydrogen-bond donors (Lipinski definition) is 3. The molecule has 0 aliphatic heterocycles. The number of aliphatic imine (C=N–C) groups is 1. The Morgan fingerprint density at radius 1 is 1.27 bits per heavy atom. The first-order valence-corrected chi connectivity index (χ1v) is 8.58. The van der Waals surface area contributed by atoms with Crippen molar-refractivity contribution < 1.29 is 14.6 Å². The fourth-order valence-electron chi connectivity index (χ4n) is 2.18. The Kier molecular flexibility index (Phi) is 5.14. The maximum atomic E-state index is 11.8. The van der Waals surface area contributed by atoms with E-state index in [0.29, 0.717) is 22.3 Å². The largest absolute Gasteiger partial charge is 0.494 e. The predicted octanol–water partition coefficient (Wildman–Crippen LogP) is 3.03. The molecule has 134 valence electrons. The zero-order valence-electron chi connectivity index (χ0n) is 13.8. The lowest BCUT2D eigenvalue weighted by molar-refractivity contribution is 0.355. The van der Waals surface area contributed by atoms with Crippen molar-refractivity contribution in [1.29, 1.82) is 0 Å². The van der Waals surface area contributed by atoms with Gasteiger partial charge in [0.25, 0.3) is 5.56 Å². The molecule has 1 aromatic carbocycles. The first-order valence-electron chi connectivity index (χ1n) is 7.29. The Balaban J connectivity index is 1.89. The highest BCUT2D eigenvalue weighted by Crippen LogP contribution is 2.34. The summed E-state index contributed by atoms with van der Waals surface area (Å²) in [5.74, 6) is 0.874. The summed E-state index contributed by atoms with van der Waals surface area (Å²) in [5.41, 5.74) is 0.978. The van der Waals surface area contributed by atoms with E-state index < -0.39 is 5.56 Å². The van der Waals surface area contributed by atoms with Crippen molar-refractivity contribution in [2.75, 3.05) is 14.2 Å². The van der Waals surface area contributed by atoms with Crippen LogP contribution in [0, 0.1) is 4.77 Å². The number of nitrogens with zero attached hydrogens (tertiary/aromatic N) is 2. The second-order valence-corrected chi connectivity index (χ2v) is 6.26. The topological polar surface area (TPSA) is 113 Å². The van der Waals surface area contributed by atoms with Crippen LogP contribution in [0.1, 0.15) is 5.56 Å². The summed E-state index contributed by atoms with van der Waals surface area (Å²) >= 11 is 6.07. The highest BCUT2D eigenvalue weighted by Gasteiger charge is 2.10. The maximum Gasteiger partial charge on any atom is 0.264 e. The van der Waals surface area contributed by atoms with Crippen molar-refractivity contribution in [1.82, 2.24) is 15.0 Å². The second-order valence-electron chi connectivity index (χ2n) is 5.01. The van der Waals surface area contributed by atoms with Crippen LogP contribution in [0.4, 0.5) is 5.13 Å². The molecule has 3 rings (SSSR count). The molecule has 0 unspecified atom stereocenters. The van der Waals surface area contributed by atoms with E-state index in [1.165, 1.54) is 17.6 Å². The summed E-state index contributed by atoms with van der Waals surface area (Å²) in [6.45, 7) is 0. The van der Waals surface area contributed by atoms with Gasteiger partial charge in [-0.25, -0.2) is 9.98 Å². The molecule has 0 aliphatic carbocycles. The summed E-state index contributed by atoms with van der Waals surface area (Å²) < 4.78 is 10.5. The van der Waals surface area contributed by atoms with Crippen molar-refractivity contribution >= 4 is 34.9 Å². The van der Waals surface area contributed by atoms with Crippen LogP contribution in [0.2, 0.25) is 0 Å². The Hall–Kier alpha value is -2.98. The molecule has 0 saturated carbocycles. The monoisotopic (exact) mass is 390 g/mol. The fraction of sp³-hybridized carbons (Fsp3) is 0.125. The Labute approximate surface area is 156 Å². The van der Waals surface area contributed by atoms with Crippen molar-refractivity contribution in [3.8, 4) is 28.6 Å². The van der Waals surface area contributed by atoms with Gasteiger partial charge in [-0.3, -0.25) is 9.78 Å². The quantitative estimate of drug-likeness (QED) is 0.456. The van der Waals surface area contributed by atoms with Crippen LogP contribution in [0.3, 0.4) is 0 Å². The van der Waals surface area contributed by atoms with E-state index in [2.05, 4.69) is 19.9 Å². The van der Waals surface area contributed by atoms with Gasteiger partial charge in [0.1, 0.15) is 5.56 Å². The summed E-state index contributed by atoms with van der Waals surface area (Å²) in [5, 5.41) is 12.0. The molecular weight excluding hydrogens is 376 g/mol. The molecule has 3 aromatic rings. The number of aromatic hydroxyl groups is 1. The minimum absolute atomic E-state index is 0.0264. The number of nitrogens with one attached hydrogen (secondary N) is 2. The lowest BCUT2D eigenvalue weighted by Gasteiger charge is -2.08. The average Bonchev–Trinajstić information content (AvgIpc) is 3.09. The van der Waals surface area contributed by atoms with Gasteiger partial charge in [0.15, 0.2) is 16.3 Å². The molecule has 0 amide bonds.